The Bertz CT molecular complexity index is 257. The zero-order valence-corrected chi connectivity index (χ0v) is 9.38. The molecule has 82 valence electrons. The SMILES string of the molecule is COC(=O)C1(O)CC(C)(C)OC1(C)C. The molecular weight excluding hydrogens is 184 g/mol. The Morgan fingerprint density at radius 3 is 2.14 bits per heavy atom. The molecule has 0 radical (unpaired) electrons. The quantitative estimate of drug-likeness (QED) is 0.641. The second kappa shape index (κ2) is 2.94. The van der Waals surface area contributed by atoms with E-state index in [-0.39, 0.29) is 6.42 Å². The first-order chi connectivity index (χ1) is 6.15. The highest BCUT2D eigenvalue weighted by Gasteiger charge is 2.61. The lowest BCUT2D eigenvalue weighted by molar-refractivity contribution is -0.180. The maximum Gasteiger partial charge on any atom is 0.341 e. The highest BCUT2D eigenvalue weighted by atomic mass is 16.6. The van der Waals surface area contributed by atoms with E-state index in [0.717, 1.165) is 0 Å². The van der Waals surface area contributed by atoms with E-state index in [0.29, 0.717) is 0 Å². The van der Waals surface area contributed by atoms with Gasteiger partial charge in [0.05, 0.1) is 12.7 Å². The number of esters is 1. The molecule has 0 bridgehead atoms. The van der Waals surface area contributed by atoms with Crippen LogP contribution in [0.4, 0.5) is 0 Å². The van der Waals surface area contributed by atoms with Gasteiger partial charge in [-0.2, -0.15) is 0 Å². The van der Waals surface area contributed by atoms with E-state index in [2.05, 4.69) is 4.74 Å². The second-order valence-electron chi connectivity index (χ2n) is 4.90. The fourth-order valence-electron chi connectivity index (χ4n) is 2.13. The molecule has 0 aromatic heterocycles. The normalized spacial score (nSPS) is 34.1. The molecule has 1 N–H and O–H groups in total. The number of hydrogen-bond donors (Lipinski definition) is 1. The lowest BCUT2D eigenvalue weighted by atomic mass is 9.82. The molecule has 1 heterocycles. The zero-order chi connectivity index (χ0) is 11.2. The number of hydrogen-bond acceptors (Lipinski definition) is 4. The van der Waals surface area contributed by atoms with Gasteiger partial charge >= 0.3 is 5.97 Å². The summed E-state index contributed by atoms with van der Waals surface area (Å²) in [4.78, 5) is 11.5. The molecule has 1 atom stereocenters. The molecule has 0 aliphatic carbocycles. The van der Waals surface area contributed by atoms with Crippen molar-refractivity contribution in [2.45, 2.75) is 50.9 Å². The van der Waals surface area contributed by atoms with Gasteiger partial charge in [0, 0.05) is 6.42 Å². The Morgan fingerprint density at radius 2 is 1.86 bits per heavy atom. The predicted molar refractivity (Wildman–Crippen MR) is 50.8 cm³/mol. The third-order valence-electron chi connectivity index (χ3n) is 2.73. The van der Waals surface area contributed by atoms with Gasteiger partial charge in [-0.25, -0.2) is 4.79 Å². The summed E-state index contributed by atoms with van der Waals surface area (Å²) in [5, 5.41) is 10.2. The van der Waals surface area contributed by atoms with Crippen LogP contribution in [0.2, 0.25) is 0 Å². The van der Waals surface area contributed by atoms with Crippen molar-refractivity contribution in [3.63, 3.8) is 0 Å². The summed E-state index contributed by atoms with van der Waals surface area (Å²) >= 11 is 0. The van der Waals surface area contributed by atoms with Crippen LogP contribution < -0.4 is 0 Å². The molecule has 1 aliphatic rings. The van der Waals surface area contributed by atoms with E-state index in [1.807, 2.05) is 13.8 Å². The van der Waals surface area contributed by atoms with Crippen molar-refractivity contribution in [1.29, 1.82) is 0 Å². The number of aliphatic hydroxyl groups is 1. The number of rotatable bonds is 1. The van der Waals surface area contributed by atoms with Crippen LogP contribution in [0.3, 0.4) is 0 Å². The largest absolute Gasteiger partial charge is 0.467 e. The lowest BCUT2D eigenvalue weighted by Gasteiger charge is -2.32. The van der Waals surface area contributed by atoms with Gasteiger partial charge in [0.25, 0.3) is 0 Å². The number of carbonyl (C=O) groups excluding carboxylic acids is 1. The van der Waals surface area contributed by atoms with Crippen molar-refractivity contribution in [2.24, 2.45) is 0 Å². The molecule has 4 heteroatoms. The highest BCUT2D eigenvalue weighted by molar-refractivity contribution is 5.81. The second-order valence-corrected chi connectivity index (χ2v) is 4.90. The average Bonchev–Trinajstić information content (AvgIpc) is 2.15. The van der Waals surface area contributed by atoms with Crippen LogP contribution in [0, 0.1) is 0 Å². The summed E-state index contributed by atoms with van der Waals surface area (Å²) < 4.78 is 10.2. The van der Waals surface area contributed by atoms with Crippen LogP contribution in [0.5, 0.6) is 0 Å². The van der Waals surface area contributed by atoms with Crippen molar-refractivity contribution < 1.29 is 19.4 Å². The Balaban J connectivity index is 3.05. The fraction of sp³-hybridized carbons (Fsp3) is 0.900. The topological polar surface area (TPSA) is 55.8 Å². The monoisotopic (exact) mass is 202 g/mol. The average molecular weight is 202 g/mol. The highest BCUT2D eigenvalue weighted by Crippen LogP contribution is 2.45. The van der Waals surface area contributed by atoms with Gasteiger partial charge in [-0.1, -0.05) is 0 Å². The van der Waals surface area contributed by atoms with Gasteiger partial charge in [-0.15, -0.1) is 0 Å². The van der Waals surface area contributed by atoms with Crippen LogP contribution in [0.1, 0.15) is 34.1 Å². The molecular formula is C10H18O4. The van der Waals surface area contributed by atoms with Crippen molar-refractivity contribution in [2.75, 3.05) is 7.11 Å². The molecule has 1 fully saturated rings. The summed E-state index contributed by atoms with van der Waals surface area (Å²) in [7, 11) is 1.27. The molecule has 1 saturated heterocycles. The van der Waals surface area contributed by atoms with Crippen LogP contribution in [0.25, 0.3) is 0 Å². The number of ether oxygens (including phenoxy) is 2. The molecule has 14 heavy (non-hydrogen) atoms. The van der Waals surface area contributed by atoms with Crippen molar-refractivity contribution in [3.05, 3.63) is 0 Å². The van der Waals surface area contributed by atoms with Crippen molar-refractivity contribution >= 4 is 5.97 Å². The molecule has 0 saturated carbocycles. The smallest absolute Gasteiger partial charge is 0.341 e. The standard InChI is InChI=1S/C10H18O4/c1-8(2)6-10(12,7(11)13-5)9(3,4)14-8/h12H,6H2,1-5H3. The fourth-order valence-corrected chi connectivity index (χ4v) is 2.13. The summed E-state index contributed by atoms with van der Waals surface area (Å²) in [6.45, 7) is 7.07. The Hall–Kier alpha value is -0.610. The molecule has 0 spiro atoms. The van der Waals surface area contributed by atoms with Gasteiger partial charge in [-0.3, -0.25) is 0 Å². The van der Waals surface area contributed by atoms with Gasteiger partial charge in [0.2, 0.25) is 0 Å². The number of methoxy groups -OCH3 is 1. The first-order valence-corrected chi connectivity index (χ1v) is 4.66. The first-order valence-electron chi connectivity index (χ1n) is 4.66. The summed E-state index contributed by atoms with van der Waals surface area (Å²) in [5.41, 5.74) is -2.97. The van der Waals surface area contributed by atoms with E-state index >= 15 is 0 Å². The molecule has 0 aromatic carbocycles. The van der Waals surface area contributed by atoms with Crippen LogP contribution in [0.15, 0.2) is 0 Å². The molecule has 1 rings (SSSR count). The maximum absolute atomic E-state index is 11.5. The minimum Gasteiger partial charge on any atom is -0.467 e. The third-order valence-corrected chi connectivity index (χ3v) is 2.73. The van der Waals surface area contributed by atoms with E-state index in [4.69, 9.17) is 4.74 Å². The zero-order valence-electron chi connectivity index (χ0n) is 9.38. The molecule has 0 amide bonds. The molecule has 4 nitrogen and oxygen atoms in total. The van der Waals surface area contributed by atoms with Crippen molar-refractivity contribution in [3.8, 4) is 0 Å². The van der Waals surface area contributed by atoms with Gasteiger partial charge in [0.1, 0.15) is 5.60 Å². The van der Waals surface area contributed by atoms with Crippen molar-refractivity contribution in [1.82, 2.24) is 0 Å². The Kier molecular flexibility index (Phi) is 2.41. The van der Waals surface area contributed by atoms with E-state index in [9.17, 15) is 9.90 Å². The Morgan fingerprint density at radius 1 is 1.36 bits per heavy atom. The summed E-state index contributed by atoms with van der Waals surface area (Å²) in [6, 6.07) is 0. The minimum atomic E-state index is -1.55. The van der Waals surface area contributed by atoms with Crippen LogP contribution in [-0.4, -0.2) is 35.0 Å². The van der Waals surface area contributed by atoms with E-state index in [1.165, 1.54) is 7.11 Å². The predicted octanol–water partition coefficient (Wildman–Crippen LogP) is 0.868. The van der Waals surface area contributed by atoms with E-state index < -0.39 is 22.8 Å². The summed E-state index contributed by atoms with van der Waals surface area (Å²) in [5.74, 6) is -0.631. The van der Waals surface area contributed by atoms with Crippen LogP contribution >= 0.6 is 0 Å². The van der Waals surface area contributed by atoms with Gasteiger partial charge in [0.15, 0.2) is 5.60 Å². The number of carbonyl (C=O) groups is 1. The molecule has 1 aliphatic heterocycles. The maximum atomic E-state index is 11.5. The third kappa shape index (κ3) is 1.53. The van der Waals surface area contributed by atoms with Crippen LogP contribution in [-0.2, 0) is 14.3 Å². The summed E-state index contributed by atoms with van der Waals surface area (Å²) in [6.07, 6.45) is 0.250. The molecule has 1 unspecified atom stereocenters. The Labute approximate surface area is 84.2 Å². The lowest BCUT2D eigenvalue weighted by Crippen LogP contribution is -2.53. The molecule has 0 aromatic rings. The van der Waals surface area contributed by atoms with Gasteiger partial charge < -0.3 is 14.6 Å². The van der Waals surface area contributed by atoms with Gasteiger partial charge in [-0.05, 0) is 27.7 Å². The first kappa shape index (κ1) is 11.5. The van der Waals surface area contributed by atoms with E-state index in [1.54, 1.807) is 13.8 Å². The minimum absolute atomic E-state index is 0.250.